The van der Waals surface area contributed by atoms with Crippen LogP contribution in [-0.2, 0) is 15.9 Å². The monoisotopic (exact) mass is 889 g/mol. The highest BCUT2D eigenvalue weighted by molar-refractivity contribution is 8.76. The molecule has 3 fully saturated rings. The van der Waals surface area contributed by atoms with Gasteiger partial charge in [0.2, 0.25) is 0 Å². The zero-order valence-corrected chi connectivity index (χ0v) is 35.7. The van der Waals surface area contributed by atoms with E-state index in [2.05, 4.69) is 23.8 Å². The van der Waals surface area contributed by atoms with E-state index in [1.165, 1.54) is 11.1 Å². The Balaban J connectivity index is 0.00000186. The molecule has 6 rings (SSSR count). The van der Waals surface area contributed by atoms with E-state index in [9.17, 15) is 44.3 Å². The molecule has 2 aromatic carbocycles. The van der Waals surface area contributed by atoms with Crippen molar-refractivity contribution < 1.29 is 63.3 Å². The molecule has 17 heteroatoms. The summed E-state index contributed by atoms with van der Waals surface area (Å²) in [4.78, 5) is 15.0. The van der Waals surface area contributed by atoms with Crippen LogP contribution in [0.1, 0.15) is 96.6 Å². The lowest BCUT2D eigenvalue weighted by Crippen LogP contribution is -2.67. The number of alkyl halides is 9. The van der Waals surface area contributed by atoms with Crippen molar-refractivity contribution >= 4 is 27.7 Å². The van der Waals surface area contributed by atoms with Crippen LogP contribution >= 0.6 is 21.6 Å². The number of nitrogens with zero attached hydrogens (tertiary/aromatic N) is 1. The van der Waals surface area contributed by atoms with E-state index >= 15 is 0 Å². The maximum absolute atomic E-state index is 13.2. The molecule has 2 saturated carbocycles. The molecule has 3 aliphatic carbocycles. The SMILES string of the molecule is CC.CC.C[C@]12CC[C@@H]3c4ccc(OCCN(C(=O)Oc5ccccc5)[C@H]5CCSSC5)cc4CC[C@H]3[C@@H]1CC[C@@H]2OCCCOC(C(F)(F)F)(C(F)(F)F)C(F)(F)F. The number of fused-ring (bicyclic) bond motifs is 5. The first-order valence-corrected chi connectivity index (χ1v) is 22.9. The van der Waals surface area contributed by atoms with Crippen LogP contribution < -0.4 is 9.47 Å². The molecule has 1 aliphatic heterocycles. The van der Waals surface area contributed by atoms with Crippen LogP contribution in [0.15, 0.2) is 48.5 Å². The number of aryl methyl sites for hydroxylation is 1. The second-order valence-electron chi connectivity index (χ2n) is 14.9. The highest BCUT2D eigenvalue weighted by atomic mass is 33.1. The van der Waals surface area contributed by atoms with Crippen molar-refractivity contribution in [2.75, 3.05) is 37.9 Å². The van der Waals surface area contributed by atoms with Crippen molar-refractivity contribution in [2.45, 2.75) is 128 Å². The summed E-state index contributed by atoms with van der Waals surface area (Å²) < 4.78 is 140. The first-order chi connectivity index (χ1) is 28.0. The van der Waals surface area contributed by atoms with E-state index in [1.807, 2.05) is 52.0 Å². The Hall–Kier alpha value is -2.50. The molecule has 334 valence electrons. The van der Waals surface area contributed by atoms with Gasteiger partial charge in [0, 0.05) is 24.2 Å². The van der Waals surface area contributed by atoms with Gasteiger partial charge in [-0.2, -0.15) is 39.5 Å². The summed E-state index contributed by atoms with van der Waals surface area (Å²) in [5.41, 5.74) is -4.09. The molecular formula is C42H56F9NO5S2. The molecule has 0 aromatic heterocycles. The van der Waals surface area contributed by atoms with Crippen LogP contribution in [0.25, 0.3) is 0 Å². The standard InChI is InChI=1S/C38H44F9NO5S2.2C2H6/c1-34-16-14-29-28-11-9-27(50-20-17-48(25-15-21-54-55-23-25)33(49)53-26-6-3-2-4-7-26)22-24(28)8-10-30(29)31(34)12-13-32(34)51-18-5-19-52-35(36(39,40)41,37(42,43)44)38(45,46)47;2*1-2/h2-4,6-7,9,11,22,25,29-32H,5,8,10,12-21,23H2,1H3;2*1-2H3/t25-,29+,30+,31-,32-,34-;;/m0../s1. The third-order valence-electron chi connectivity index (χ3n) is 11.8. The third-order valence-corrected chi connectivity index (χ3v) is 14.3. The number of hydrogen-bond acceptors (Lipinski definition) is 7. The van der Waals surface area contributed by atoms with Gasteiger partial charge in [-0.05, 0) is 110 Å². The number of carbonyl (C=O) groups is 1. The lowest BCUT2D eigenvalue weighted by atomic mass is 9.55. The molecule has 0 spiro atoms. The molecule has 6 nitrogen and oxygen atoms in total. The zero-order chi connectivity index (χ0) is 43.6. The summed E-state index contributed by atoms with van der Waals surface area (Å²) in [6, 6.07) is 15.2. The van der Waals surface area contributed by atoms with Crippen molar-refractivity contribution in [2.24, 2.45) is 17.3 Å². The maximum Gasteiger partial charge on any atom is 0.435 e. The summed E-state index contributed by atoms with van der Waals surface area (Å²) in [5, 5.41) is 0. The number of rotatable bonds is 12. The summed E-state index contributed by atoms with van der Waals surface area (Å²) in [6.45, 7) is 9.00. The largest absolute Gasteiger partial charge is 0.492 e. The molecule has 1 saturated heterocycles. The van der Waals surface area contributed by atoms with E-state index in [0.717, 1.165) is 55.8 Å². The van der Waals surface area contributed by atoms with Crippen molar-refractivity contribution in [1.29, 1.82) is 0 Å². The van der Waals surface area contributed by atoms with Crippen LogP contribution in [0.2, 0.25) is 0 Å². The molecule has 1 heterocycles. The van der Waals surface area contributed by atoms with Crippen LogP contribution in [0.3, 0.4) is 0 Å². The smallest absolute Gasteiger partial charge is 0.435 e. The normalized spacial score (nSPS) is 25.5. The number of carbonyl (C=O) groups excluding carboxylic acids is 1. The van der Waals surface area contributed by atoms with Gasteiger partial charge in [0.25, 0.3) is 0 Å². The van der Waals surface area contributed by atoms with Gasteiger partial charge in [-0.15, -0.1) is 0 Å². The fraction of sp³-hybridized carbons (Fsp3) is 0.690. The minimum Gasteiger partial charge on any atom is -0.492 e. The first-order valence-electron chi connectivity index (χ1n) is 20.5. The Labute approximate surface area is 349 Å². The molecule has 0 bridgehead atoms. The first kappa shape index (κ1) is 49.2. The Morgan fingerprint density at radius 1 is 0.797 bits per heavy atom. The van der Waals surface area contributed by atoms with Gasteiger partial charge in [-0.3, -0.25) is 0 Å². The Bertz CT molecular complexity index is 1570. The molecule has 1 amide bonds. The number of amides is 1. The van der Waals surface area contributed by atoms with Gasteiger partial charge in [0.05, 0.1) is 19.3 Å². The zero-order valence-electron chi connectivity index (χ0n) is 34.1. The van der Waals surface area contributed by atoms with Crippen molar-refractivity contribution in [3.8, 4) is 11.5 Å². The van der Waals surface area contributed by atoms with E-state index in [0.29, 0.717) is 37.2 Å². The number of ether oxygens (including phenoxy) is 4. The quantitative estimate of drug-likeness (QED) is 0.120. The van der Waals surface area contributed by atoms with Gasteiger partial charge >= 0.3 is 30.2 Å². The molecule has 6 atom stereocenters. The number of halogens is 9. The minimum absolute atomic E-state index is 0.0400. The van der Waals surface area contributed by atoms with Crippen LogP contribution in [0.5, 0.6) is 11.5 Å². The maximum atomic E-state index is 13.2. The highest BCUT2D eigenvalue weighted by Gasteiger charge is 2.85. The summed E-state index contributed by atoms with van der Waals surface area (Å²) >= 11 is 0. The van der Waals surface area contributed by atoms with Crippen LogP contribution in [-0.4, -0.2) is 85.1 Å². The predicted molar refractivity (Wildman–Crippen MR) is 213 cm³/mol. The molecular weight excluding hydrogens is 834 g/mol. The molecule has 59 heavy (non-hydrogen) atoms. The lowest BCUT2D eigenvalue weighted by Gasteiger charge is -2.50. The second kappa shape index (κ2) is 21.0. The van der Waals surface area contributed by atoms with E-state index in [-0.39, 0.29) is 30.1 Å². The Morgan fingerprint density at radius 3 is 2.10 bits per heavy atom. The van der Waals surface area contributed by atoms with Crippen LogP contribution in [0.4, 0.5) is 44.3 Å². The molecule has 2 aromatic rings. The Morgan fingerprint density at radius 2 is 1.47 bits per heavy atom. The van der Waals surface area contributed by atoms with E-state index in [1.54, 1.807) is 38.6 Å². The summed E-state index contributed by atoms with van der Waals surface area (Å²) in [7, 11) is 3.54. The third kappa shape index (κ3) is 10.9. The van der Waals surface area contributed by atoms with Crippen LogP contribution in [0, 0.1) is 17.3 Å². The van der Waals surface area contributed by atoms with Gasteiger partial charge in [-0.25, -0.2) is 4.79 Å². The number of hydrogen-bond donors (Lipinski definition) is 0. The lowest BCUT2D eigenvalue weighted by molar-refractivity contribution is -0.457. The van der Waals surface area contributed by atoms with Crippen molar-refractivity contribution in [3.63, 3.8) is 0 Å². The highest BCUT2D eigenvalue weighted by Crippen LogP contribution is 2.62. The molecule has 4 aliphatic rings. The summed E-state index contributed by atoms with van der Waals surface area (Å²) in [6.07, 6.45) is -15.8. The Kier molecular flexibility index (Phi) is 17.5. The topological polar surface area (TPSA) is 57.2 Å². The van der Waals surface area contributed by atoms with Crippen molar-refractivity contribution in [3.05, 3.63) is 59.7 Å². The predicted octanol–water partition coefficient (Wildman–Crippen LogP) is 12.8. The molecule has 0 unspecified atom stereocenters. The average Bonchev–Trinajstić information content (AvgIpc) is 3.54. The fourth-order valence-corrected chi connectivity index (χ4v) is 11.6. The average molecular weight is 890 g/mol. The number of para-hydroxylation sites is 1. The van der Waals surface area contributed by atoms with E-state index < -0.39 is 43.3 Å². The number of benzene rings is 2. The van der Waals surface area contributed by atoms with Gasteiger partial charge in [-0.1, -0.05) is 80.5 Å². The molecule has 0 radical (unpaired) electrons. The fourth-order valence-electron chi connectivity index (χ4n) is 9.14. The van der Waals surface area contributed by atoms with Gasteiger partial charge < -0.3 is 23.8 Å². The van der Waals surface area contributed by atoms with Gasteiger partial charge in [0.1, 0.15) is 18.1 Å². The summed E-state index contributed by atoms with van der Waals surface area (Å²) in [5.74, 6) is 3.86. The van der Waals surface area contributed by atoms with Gasteiger partial charge in [0.15, 0.2) is 0 Å². The van der Waals surface area contributed by atoms with Crippen molar-refractivity contribution in [1.82, 2.24) is 4.90 Å². The van der Waals surface area contributed by atoms with E-state index in [4.69, 9.17) is 14.2 Å². The second-order valence-corrected chi connectivity index (χ2v) is 17.5. The minimum atomic E-state index is -6.75. The molecule has 0 N–H and O–H groups in total.